The Hall–Kier alpha value is -1.45. The second-order valence-electron chi connectivity index (χ2n) is 2.64. The molecule has 0 spiro atoms. The van der Waals surface area contributed by atoms with E-state index in [9.17, 15) is 13.6 Å². The van der Waals surface area contributed by atoms with Gasteiger partial charge in [0.25, 0.3) is 0 Å². The zero-order chi connectivity index (χ0) is 9.84. The smallest absolute Gasteiger partial charge is 0.303 e. The number of hydrogen-bond acceptors (Lipinski definition) is 1. The molecule has 0 unspecified atom stereocenters. The van der Waals surface area contributed by atoms with Gasteiger partial charge in [-0.25, -0.2) is 8.78 Å². The van der Waals surface area contributed by atoms with E-state index in [-0.39, 0.29) is 12.8 Å². The zero-order valence-corrected chi connectivity index (χ0v) is 6.76. The summed E-state index contributed by atoms with van der Waals surface area (Å²) in [4.78, 5) is 10.2. The van der Waals surface area contributed by atoms with E-state index in [1.165, 1.54) is 6.07 Å². The average Bonchev–Trinajstić information content (AvgIpc) is 2.07. The monoisotopic (exact) mass is 186 g/mol. The van der Waals surface area contributed by atoms with Gasteiger partial charge in [-0.05, 0) is 24.1 Å². The van der Waals surface area contributed by atoms with Crippen molar-refractivity contribution >= 4 is 5.97 Å². The normalized spacial score (nSPS) is 10.0. The lowest BCUT2D eigenvalue weighted by molar-refractivity contribution is -0.136. The molecule has 0 aliphatic rings. The molecule has 2 nitrogen and oxygen atoms in total. The number of halogens is 2. The second-order valence-corrected chi connectivity index (χ2v) is 2.64. The summed E-state index contributed by atoms with van der Waals surface area (Å²) >= 11 is 0. The van der Waals surface area contributed by atoms with Gasteiger partial charge in [-0.1, -0.05) is 6.07 Å². The molecule has 13 heavy (non-hydrogen) atoms. The van der Waals surface area contributed by atoms with Gasteiger partial charge in [0.05, 0.1) is 0 Å². The summed E-state index contributed by atoms with van der Waals surface area (Å²) in [6, 6.07) is 3.38. The average molecular weight is 186 g/mol. The van der Waals surface area contributed by atoms with Crippen molar-refractivity contribution in [2.75, 3.05) is 0 Å². The van der Waals surface area contributed by atoms with Crippen LogP contribution in [0.3, 0.4) is 0 Å². The molecule has 1 rings (SSSR count). The van der Waals surface area contributed by atoms with Crippen LogP contribution in [-0.4, -0.2) is 11.1 Å². The van der Waals surface area contributed by atoms with Crippen LogP contribution in [0.1, 0.15) is 12.0 Å². The van der Waals surface area contributed by atoms with Crippen LogP contribution in [0.2, 0.25) is 0 Å². The number of carbonyl (C=O) groups is 1. The molecule has 0 heterocycles. The third kappa shape index (κ3) is 2.82. The summed E-state index contributed by atoms with van der Waals surface area (Å²) in [6.45, 7) is 0. The lowest BCUT2D eigenvalue weighted by Gasteiger charge is -1.98. The number of rotatable bonds is 3. The first-order valence-corrected chi connectivity index (χ1v) is 3.75. The van der Waals surface area contributed by atoms with Crippen molar-refractivity contribution in [3.05, 3.63) is 35.4 Å². The van der Waals surface area contributed by atoms with Crippen molar-refractivity contribution in [1.29, 1.82) is 0 Å². The molecular weight excluding hydrogens is 178 g/mol. The molecule has 1 aromatic carbocycles. The molecule has 0 radical (unpaired) electrons. The number of aryl methyl sites for hydroxylation is 1. The van der Waals surface area contributed by atoms with Crippen molar-refractivity contribution in [3.63, 3.8) is 0 Å². The fourth-order valence-corrected chi connectivity index (χ4v) is 0.946. The highest BCUT2D eigenvalue weighted by Gasteiger charge is 2.03. The van der Waals surface area contributed by atoms with Crippen LogP contribution in [-0.2, 0) is 11.2 Å². The number of benzene rings is 1. The number of aliphatic carboxylic acids is 1. The van der Waals surface area contributed by atoms with Gasteiger partial charge in [-0.2, -0.15) is 0 Å². The number of hydrogen-bond donors (Lipinski definition) is 1. The Bertz CT molecular complexity index is 323. The third-order valence-corrected chi connectivity index (χ3v) is 1.61. The summed E-state index contributed by atoms with van der Waals surface area (Å²) in [5.41, 5.74) is 0.487. The lowest BCUT2D eigenvalue weighted by Crippen LogP contribution is -1.98. The van der Waals surface area contributed by atoms with Crippen molar-refractivity contribution in [1.82, 2.24) is 0 Å². The Balaban J connectivity index is 2.68. The minimum atomic E-state index is -0.954. The molecule has 0 amide bonds. The molecule has 0 aromatic heterocycles. The molecule has 0 aliphatic heterocycles. The van der Waals surface area contributed by atoms with Crippen LogP contribution in [0.5, 0.6) is 0 Å². The topological polar surface area (TPSA) is 37.3 Å². The first kappa shape index (κ1) is 9.64. The molecule has 1 aromatic rings. The summed E-state index contributed by atoms with van der Waals surface area (Å²) in [5, 5.41) is 8.33. The fourth-order valence-electron chi connectivity index (χ4n) is 0.946. The van der Waals surface area contributed by atoms with Crippen molar-refractivity contribution in [3.8, 4) is 0 Å². The van der Waals surface area contributed by atoms with E-state index in [0.717, 1.165) is 12.1 Å². The van der Waals surface area contributed by atoms with Crippen LogP contribution in [0.15, 0.2) is 18.2 Å². The maximum Gasteiger partial charge on any atom is 0.303 e. The number of carboxylic acid groups (broad SMARTS) is 1. The van der Waals surface area contributed by atoms with Gasteiger partial charge in [0.15, 0.2) is 11.6 Å². The predicted octanol–water partition coefficient (Wildman–Crippen LogP) is 1.98. The SMILES string of the molecule is O=C(O)CCc1ccc(F)c(F)c1. The molecule has 0 saturated carbocycles. The first-order valence-electron chi connectivity index (χ1n) is 3.75. The largest absolute Gasteiger partial charge is 0.481 e. The van der Waals surface area contributed by atoms with Crippen LogP contribution >= 0.6 is 0 Å². The fraction of sp³-hybridized carbons (Fsp3) is 0.222. The van der Waals surface area contributed by atoms with Crippen LogP contribution < -0.4 is 0 Å². The van der Waals surface area contributed by atoms with E-state index in [0.29, 0.717) is 5.56 Å². The summed E-state index contributed by atoms with van der Waals surface area (Å²) in [5.74, 6) is -2.81. The summed E-state index contributed by atoms with van der Waals surface area (Å²) in [7, 11) is 0. The van der Waals surface area contributed by atoms with Gasteiger partial charge in [0.2, 0.25) is 0 Å². The Kier molecular flexibility index (Phi) is 2.95. The van der Waals surface area contributed by atoms with E-state index >= 15 is 0 Å². The van der Waals surface area contributed by atoms with Gasteiger partial charge in [0, 0.05) is 6.42 Å². The summed E-state index contributed by atoms with van der Waals surface area (Å²) in [6.07, 6.45) is 0.137. The number of carboxylic acids is 1. The third-order valence-electron chi connectivity index (χ3n) is 1.61. The molecule has 1 N–H and O–H groups in total. The standard InChI is InChI=1S/C9H8F2O2/c10-7-3-1-6(5-8(7)11)2-4-9(12)13/h1,3,5H,2,4H2,(H,12,13). The first-order chi connectivity index (χ1) is 6.09. The molecular formula is C9H8F2O2. The zero-order valence-electron chi connectivity index (χ0n) is 6.76. The van der Waals surface area contributed by atoms with Crippen molar-refractivity contribution < 1.29 is 18.7 Å². The molecule has 0 atom stereocenters. The van der Waals surface area contributed by atoms with E-state index in [1.807, 2.05) is 0 Å². The molecule has 0 bridgehead atoms. The van der Waals surface area contributed by atoms with Gasteiger partial charge < -0.3 is 5.11 Å². The van der Waals surface area contributed by atoms with Gasteiger partial charge in [0.1, 0.15) is 0 Å². The highest BCUT2D eigenvalue weighted by atomic mass is 19.2. The second kappa shape index (κ2) is 3.98. The lowest BCUT2D eigenvalue weighted by atomic mass is 10.1. The van der Waals surface area contributed by atoms with Crippen LogP contribution in [0, 0.1) is 11.6 Å². The van der Waals surface area contributed by atoms with Crippen LogP contribution in [0.4, 0.5) is 8.78 Å². The van der Waals surface area contributed by atoms with Gasteiger partial charge >= 0.3 is 5.97 Å². The molecule has 0 fully saturated rings. The maximum atomic E-state index is 12.6. The predicted molar refractivity (Wildman–Crippen MR) is 42.3 cm³/mol. The van der Waals surface area contributed by atoms with E-state index in [1.54, 1.807) is 0 Å². The highest BCUT2D eigenvalue weighted by Crippen LogP contribution is 2.10. The Morgan fingerprint density at radius 2 is 2.00 bits per heavy atom. The molecule has 0 aliphatic carbocycles. The molecule has 4 heteroatoms. The minimum absolute atomic E-state index is 0.0783. The van der Waals surface area contributed by atoms with Crippen LogP contribution in [0.25, 0.3) is 0 Å². The molecule has 70 valence electrons. The minimum Gasteiger partial charge on any atom is -0.481 e. The quantitative estimate of drug-likeness (QED) is 0.783. The van der Waals surface area contributed by atoms with Crippen molar-refractivity contribution in [2.45, 2.75) is 12.8 Å². The van der Waals surface area contributed by atoms with E-state index < -0.39 is 17.6 Å². The highest BCUT2D eigenvalue weighted by molar-refractivity contribution is 5.67. The Morgan fingerprint density at radius 1 is 1.31 bits per heavy atom. The summed E-state index contributed by atoms with van der Waals surface area (Å²) < 4.78 is 25.0. The Morgan fingerprint density at radius 3 is 2.54 bits per heavy atom. The van der Waals surface area contributed by atoms with Gasteiger partial charge in [-0.15, -0.1) is 0 Å². The van der Waals surface area contributed by atoms with Crippen molar-refractivity contribution in [2.24, 2.45) is 0 Å². The van der Waals surface area contributed by atoms with E-state index in [4.69, 9.17) is 5.11 Å². The maximum absolute atomic E-state index is 12.6. The molecule has 0 saturated heterocycles. The van der Waals surface area contributed by atoms with E-state index in [2.05, 4.69) is 0 Å². The van der Waals surface area contributed by atoms with Gasteiger partial charge in [-0.3, -0.25) is 4.79 Å². The Labute approximate surface area is 73.8 Å².